The number of nitrogens with zero attached hydrogens (tertiary/aromatic N) is 4. The van der Waals surface area contributed by atoms with Crippen LogP contribution in [-0.2, 0) is 19.2 Å². The van der Waals surface area contributed by atoms with Gasteiger partial charge in [-0.3, -0.25) is 49.2 Å². The van der Waals surface area contributed by atoms with Gasteiger partial charge in [-0.05, 0) is 49.1 Å². The van der Waals surface area contributed by atoms with E-state index in [0.29, 0.717) is 5.57 Å². The highest BCUT2D eigenvalue weighted by Crippen LogP contribution is 2.59. The predicted molar refractivity (Wildman–Crippen MR) is 157 cm³/mol. The number of non-ortho nitro benzene ring substituents is 2. The van der Waals surface area contributed by atoms with E-state index < -0.39 is 80.5 Å². The van der Waals surface area contributed by atoms with Crippen LogP contribution in [0.25, 0.3) is 0 Å². The zero-order chi connectivity index (χ0) is 32.6. The molecule has 2 aliphatic carbocycles. The van der Waals surface area contributed by atoms with E-state index in [1.165, 1.54) is 48.5 Å². The maximum absolute atomic E-state index is 14.7. The predicted octanol–water partition coefficient (Wildman–Crippen LogP) is 4.39. The molecule has 14 heteroatoms. The van der Waals surface area contributed by atoms with E-state index in [2.05, 4.69) is 0 Å². The number of amides is 4. The fourth-order valence-electron chi connectivity index (χ4n) is 7.68. The lowest BCUT2D eigenvalue weighted by molar-refractivity contribution is -0.385. The molecular formula is C32H23FN4O9. The molecule has 0 aromatic heterocycles. The lowest BCUT2D eigenvalue weighted by Crippen LogP contribution is -2.43. The number of rotatable bonds is 5. The summed E-state index contributed by atoms with van der Waals surface area (Å²) in [6, 6.07) is 13.7. The van der Waals surface area contributed by atoms with Gasteiger partial charge in [-0.15, -0.1) is 0 Å². The number of hydrogen-bond acceptors (Lipinski definition) is 9. The number of nitro benzene ring substituents is 2. The molecule has 0 unspecified atom stereocenters. The molecule has 0 radical (unpaired) electrons. The average Bonchev–Trinajstić information content (AvgIpc) is 3.45. The van der Waals surface area contributed by atoms with Crippen molar-refractivity contribution in [3.05, 3.63) is 110 Å². The number of carbonyl (C=O) groups is 4. The van der Waals surface area contributed by atoms with E-state index in [1.807, 2.05) is 0 Å². The molecule has 1 saturated carbocycles. The van der Waals surface area contributed by atoms with Crippen molar-refractivity contribution < 1.29 is 38.5 Å². The van der Waals surface area contributed by atoms with Crippen LogP contribution < -0.4 is 9.80 Å². The van der Waals surface area contributed by atoms with Gasteiger partial charge < -0.3 is 5.11 Å². The monoisotopic (exact) mass is 626 g/mol. The van der Waals surface area contributed by atoms with E-state index in [1.54, 1.807) is 6.08 Å². The molecule has 2 heterocycles. The molecule has 0 bridgehead atoms. The van der Waals surface area contributed by atoms with E-state index in [9.17, 15) is 48.9 Å². The number of fused-ring (bicyclic) bond motifs is 4. The molecule has 13 nitrogen and oxygen atoms in total. The molecule has 232 valence electrons. The van der Waals surface area contributed by atoms with Crippen LogP contribution in [0, 0.1) is 55.6 Å². The Hall–Kier alpha value is -5.79. The first-order valence-electron chi connectivity index (χ1n) is 14.4. The number of imide groups is 2. The Kier molecular flexibility index (Phi) is 6.54. The number of allylic oxidation sites excluding steroid dienone is 2. The Morgan fingerprint density at radius 1 is 0.696 bits per heavy atom. The second-order valence-corrected chi connectivity index (χ2v) is 11.8. The van der Waals surface area contributed by atoms with Gasteiger partial charge in [-0.1, -0.05) is 23.8 Å². The van der Waals surface area contributed by atoms with Crippen LogP contribution in [-0.4, -0.2) is 38.6 Å². The summed E-state index contributed by atoms with van der Waals surface area (Å²) in [7, 11) is 0. The number of hydrogen-bond donors (Lipinski definition) is 1. The number of aromatic hydroxyl groups is 1. The Bertz CT molecular complexity index is 1910. The number of para-hydroxylation sites is 1. The number of halogens is 1. The molecule has 7 rings (SSSR count). The van der Waals surface area contributed by atoms with Crippen LogP contribution in [0.5, 0.6) is 5.75 Å². The minimum atomic E-state index is -1.09. The normalized spacial score (nSPS) is 26.8. The zero-order valence-corrected chi connectivity index (χ0v) is 23.7. The third-order valence-electron chi connectivity index (χ3n) is 9.64. The van der Waals surface area contributed by atoms with Crippen LogP contribution in [0.4, 0.5) is 27.1 Å². The van der Waals surface area contributed by atoms with Crippen molar-refractivity contribution in [1.29, 1.82) is 0 Å². The van der Waals surface area contributed by atoms with E-state index >= 15 is 0 Å². The van der Waals surface area contributed by atoms with Crippen molar-refractivity contribution in [3.8, 4) is 5.75 Å². The highest BCUT2D eigenvalue weighted by molar-refractivity contribution is 6.24. The molecule has 0 spiro atoms. The first-order valence-corrected chi connectivity index (χ1v) is 14.4. The summed E-state index contributed by atoms with van der Waals surface area (Å²) in [5.74, 6) is -9.59. The number of benzene rings is 3. The lowest BCUT2D eigenvalue weighted by Gasteiger charge is -2.44. The summed E-state index contributed by atoms with van der Waals surface area (Å²) in [5.41, 5.74) is 0.376. The highest BCUT2D eigenvalue weighted by atomic mass is 19.1. The van der Waals surface area contributed by atoms with Crippen LogP contribution in [0.2, 0.25) is 0 Å². The van der Waals surface area contributed by atoms with Crippen molar-refractivity contribution in [3.63, 3.8) is 0 Å². The van der Waals surface area contributed by atoms with Crippen LogP contribution in [0.1, 0.15) is 24.3 Å². The minimum Gasteiger partial charge on any atom is -0.505 e. The first-order chi connectivity index (χ1) is 22.0. The van der Waals surface area contributed by atoms with Crippen LogP contribution >= 0.6 is 0 Å². The Morgan fingerprint density at radius 2 is 1.22 bits per heavy atom. The average molecular weight is 627 g/mol. The van der Waals surface area contributed by atoms with Gasteiger partial charge in [-0.25, -0.2) is 4.39 Å². The van der Waals surface area contributed by atoms with Gasteiger partial charge in [0, 0.05) is 35.7 Å². The quantitative estimate of drug-likeness (QED) is 0.186. The molecule has 4 amide bonds. The second kappa shape index (κ2) is 10.4. The number of anilines is 2. The van der Waals surface area contributed by atoms with Gasteiger partial charge in [0.05, 0.1) is 44.9 Å². The largest absolute Gasteiger partial charge is 0.505 e. The van der Waals surface area contributed by atoms with Gasteiger partial charge in [0.25, 0.3) is 11.4 Å². The van der Waals surface area contributed by atoms with E-state index in [4.69, 9.17) is 0 Å². The summed E-state index contributed by atoms with van der Waals surface area (Å²) in [5, 5.41) is 33.2. The molecule has 3 aromatic carbocycles. The molecule has 46 heavy (non-hydrogen) atoms. The summed E-state index contributed by atoms with van der Waals surface area (Å²) >= 11 is 0. The number of carbonyl (C=O) groups excluding carboxylic acids is 4. The fourth-order valence-corrected chi connectivity index (χ4v) is 7.68. The maximum atomic E-state index is 14.7. The van der Waals surface area contributed by atoms with Gasteiger partial charge in [0.15, 0.2) is 11.6 Å². The molecule has 2 saturated heterocycles. The minimum absolute atomic E-state index is 0.00538. The third kappa shape index (κ3) is 4.13. The van der Waals surface area contributed by atoms with E-state index in [-0.39, 0.29) is 41.2 Å². The maximum Gasteiger partial charge on any atom is 0.269 e. The summed E-state index contributed by atoms with van der Waals surface area (Å²) in [6.45, 7) is 0. The molecule has 1 N–H and O–H groups in total. The molecule has 3 fully saturated rings. The van der Waals surface area contributed by atoms with Crippen molar-refractivity contribution in [2.24, 2.45) is 29.6 Å². The smallest absolute Gasteiger partial charge is 0.269 e. The number of nitro groups is 2. The summed E-state index contributed by atoms with van der Waals surface area (Å²) in [4.78, 5) is 78.7. The van der Waals surface area contributed by atoms with Gasteiger partial charge in [0.1, 0.15) is 0 Å². The number of phenols is 1. The standard InChI is InChI=1S/C32H23FN4O9/c33-24-3-1-2-20(28(24)38)25-19-12-13-21-26(31(41)34(29(21)39)15-4-8-17(9-5-15)36(43)44)22(19)14-23-27(25)32(42)35(30(23)40)16-6-10-18(11-7-16)37(45)46/h1-12,21-23,25-27,38H,13-14H2/t21-,22+,23+,25+,26-,27+/m0/s1. The number of phenolic OH excluding ortho intramolecular Hbond substituents is 1. The zero-order valence-electron chi connectivity index (χ0n) is 23.7. The van der Waals surface area contributed by atoms with Crippen LogP contribution in [0.3, 0.4) is 0 Å². The molecule has 3 aromatic rings. The van der Waals surface area contributed by atoms with Gasteiger partial charge >= 0.3 is 0 Å². The molecule has 6 atom stereocenters. The summed E-state index contributed by atoms with van der Waals surface area (Å²) < 4.78 is 14.7. The first kappa shape index (κ1) is 29.0. The fraction of sp³-hybridized carbons (Fsp3) is 0.250. The highest BCUT2D eigenvalue weighted by Gasteiger charge is 2.62. The Morgan fingerprint density at radius 3 is 1.76 bits per heavy atom. The SMILES string of the molecule is O=C1[C@H]2[C@H](CC=C3[C@H]2C[C@H]2C(=O)N(c4ccc([N+](=O)[O-])cc4)C(=O)[C@H]2[C@H]3c2cccc(F)c2O)C(=O)N1c1ccc([N+](=O)[O-])cc1. The third-order valence-corrected chi connectivity index (χ3v) is 9.64. The molecular weight excluding hydrogens is 603 g/mol. The van der Waals surface area contributed by atoms with Gasteiger partial charge in [-0.2, -0.15) is 0 Å². The van der Waals surface area contributed by atoms with Crippen molar-refractivity contribution >= 4 is 46.4 Å². The van der Waals surface area contributed by atoms with Crippen molar-refractivity contribution in [1.82, 2.24) is 0 Å². The van der Waals surface area contributed by atoms with E-state index in [0.717, 1.165) is 28.0 Å². The lowest BCUT2D eigenvalue weighted by atomic mass is 9.57. The molecule has 2 aliphatic heterocycles. The topological polar surface area (TPSA) is 181 Å². The summed E-state index contributed by atoms with van der Waals surface area (Å²) in [6.07, 6.45) is 1.84. The van der Waals surface area contributed by atoms with Gasteiger partial charge in [0.2, 0.25) is 23.6 Å². The Labute approximate surface area is 258 Å². The van der Waals surface area contributed by atoms with Crippen LogP contribution in [0.15, 0.2) is 78.4 Å². The second-order valence-electron chi connectivity index (χ2n) is 11.8. The van der Waals surface area contributed by atoms with Crippen molar-refractivity contribution in [2.75, 3.05) is 9.80 Å². The Balaban J connectivity index is 1.31. The molecule has 4 aliphatic rings. The van der Waals surface area contributed by atoms with Crippen molar-refractivity contribution in [2.45, 2.75) is 18.8 Å².